The minimum absolute atomic E-state index is 0.0637. The lowest BCUT2D eigenvalue weighted by atomic mass is 10.1. The number of hydrogen-bond donors (Lipinski definition) is 1. The van der Waals surface area contributed by atoms with Crippen LogP contribution in [0.5, 0.6) is 11.5 Å². The van der Waals surface area contributed by atoms with Gasteiger partial charge in [-0.3, -0.25) is 0 Å². The number of aromatic carboxylic acids is 1. The summed E-state index contributed by atoms with van der Waals surface area (Å²) >= 11 is 0. The second kappa shape index (κ2) is 7.19. The first-order chi connectivity index (χ1) is 13.5. The summed E-state index contributed by atoms with van der Waals surface area (Å²) < 4.78 is 21.0. The SMILES string of the molecule is Cc1ccc2c(c1)c(Oc1ccccc1)c(C(=O)O)n2Cc1ccc(F)cc1. The number of benzene rings is 3. The van der Waals surface area contributed by atoms with Gasteiger partial charge in [0.05, 0.1) is 5.52 Å². The maximum Gasteiger partial charge on any atom is 0.356 e. The molecule has 0 saturated heterocycles. The van der Waals surface area contributed by atoms with Crippen LogP contribution in [-0.2, 0) is 6.54 Å². The van der Waals surface area contributed by atoms with Gasteiger partial charge in [0.1, 0.15) is 11.6 Å². The molecule has 28 heavy (non-hydrogen) atoms. The summed E-state index contributed by atoms with van der Waals surface area (Å²) in [6.45, 7) is 2.24. The van der Waals surface area contributed by atoms with Gasteiger partial charge in [0.25, 0.3) is 0 Å². The van der Waals surface area contributed by atoms with Crippen LogP contribution in [0.2, 0.25) is 0 Å². The van der Waals surface area contributed by atoms with E-state index in [0.717, 1.165) is 22.0 Å². The standard InChI is InChI=1S/C23H18FNO3/c1-15-7-12-20-19(13-15)22(28-18-5-3-2-4-6-18)21(23(26)27)25(20)14-16-8-10-17(24)11-9-16/h2-13H,14H2,1H3,(H,26,27). The fraction of sp³-hybridized carbons (Fsp3) is 0.0870. The predicted octanol–water partition coefficient (Wildman–Crippen LogP) is 5.63. The van der Waals surface area contributed by atoms with Crippen molar-refractivity contribution in [1.82, 2.24) is 4.57 Å². The largest absolute Gasteiger partial charge is 0.476 e. The zero-order valence-corrected chi connectivity index (χ0v) is 15.2. The molecule has 0 spiro atoms. The zero-order valence-electron chi connectivity index (χ0n) is 15.2. The van der Waals surface area contributed by atoms with Crippen LogP contribution in [0, 0.1) is 12.7 Å². The highest BCUT2D eigenvalue weighted by atomic mass is 19.1. The Balaban J connectivity index is 1.91. The van der Waals surface area contributed by atoms with Gasteiger partial charge in [-0.1, -0.05) is 42.0 Å². The number of nitrogens with zero attached hydrogens (tertiary/aromatic N) is 1. The summed E-state index contributed by atoms with van der Waals surface area (Å²) in [7, 11) is 0. The molecule has 0 aliphatic rings. The van der Waals surface area contributed by atoms with Crippen LogP contribution in [0.1, 0.15) is 21.6 Å². The molecule has 0 fully saturated rings. The van der Waals surface area contributed by atoms with Gasteiger partial charge in [-0.2, -0.15) is 0 Å². The van der Waals surface area contributed by atoms with E-state index in [0.29, 0.717) is 18.0 Å². The van der Waals surface area contributed by atoms with Gasteiger partial charge < -0.3 is 14.4 Å². The Morgan fingerprint density at radius 1 is 1.04 bits per heavy atom. The van der Waals surface area contributed by atoms with Crippen molar-refractivity contribution in [1.29, 1.82) is 0 Å². The highest BCUT2D eigenvalue weighted by Crippen LogP contribution is 2.37. The van der Waals surface area contributed by atoms with E-state index in [-0.39, 0.29) is 11.5 Å². The van der Waals surface area contributed by atoms with Crippen molar-refractivity contribution >= 4 is 16.9 Å². The van der Waals surface area contributed by atoms with Gasteiger partial charge in [-0.15, -0.1) is 0 Å². The number of carboxylic acid groups (broad SMARTS) is 1. The second-order valence-electron chi connectivity index (χ2n) is 6.63. The number of hydrogen-bond acceptors (Lipinski definition) is 2. The lowest BCUT2D eigenvalue weighted by Gasteiger charge is -2.10. The Labute approximate surface area is 161 Å². The molecule has 0 bridgehead atoms. The van der Waals surface area contributed by atoms with E-state index in [4.69, 9.17) is 4.74 Å². The van der Waals surface area contributed by atoms with Crippen molar-refractivity contribution in [2.75, 3.05) is 0 Å². The number of aryl methyl sites for hydroxylation is 1. The van der Waals surface area contributed by atoms with Gasteiger partial charge in [0, 0.05) is 11.9 Å². The highest BCUT2D eigenvalue weighted by Gasteiger charge is 2.24. The van der Waals surface area contributed by atoms with E-state index in [1.54, 1.807) is 28.8 Å². The Kier molecular flexibility index (Phi) is 4.57. The molecule has 0 aliphatic heterocycles. The number of halogens is 1. The molecular weight excluding hydrogens is 357 g/mol. The zero-order chi connectivity index (χ0) is 19.7. The number of fused-ring (bicyclic) bond motifs is 1. The third-order valence-electron chi connectivity index (χ3n) is 4.59. The first-order valence-corrected chi connectivity index (χ1v) is 8.86. The van der Waals surface area contributed by atoms with Crippen LogP contribution in [0.3, 0.4) is 0 Å². The van der Waals surface area contributed by atoms with Crippen LogP contribution in [-0.4, -0.2) is 15.6 Å². The van der Waals surface area contributed by atoms with Gasteiger partial charge in [-0.05, 0) is 48.9 Å². The molecule has 4 nitrogen and oxygen atoms in total. The Morgan fingerprint density at radius 2 is 1.75 bits per heavy atom. The van der Waals surface area contributed by atoms with Crippen LogP contribution in [0.25, 0.3) is 10.9 Å². The monoisotopic (exact) mass is 375 g/mol. The van der Waals surface area contributed by atoms with Crippen LogP contribution < -0.4 is 4.74 Å². The third kappa shape index (κ3) is 3.34. The number of carboxylic acids is 1. The lowest BCUT2D eigenvalue weighted by molar-refractivity contribution is 0.0683. The summed E-state index contributed by atoms with van der Waals surface area (Å²) in [5.74, 6) is -0.544. The number of aromatic nitrogens is 1. The molecular formula is C23H18FNO3. The molecule has 5 heteroatoms. The van der Waals surface area contributed by atoms with Crippen molar-refractivity contribution in [2.24, 2.45) is 0 Å². The Hall–Kier alpha value is -3.60. The van der Waals surface area contributed by atoms with E-state index in [2.05, 4.69) is 0 Å². The summed E-state index contributed by atoms with van der Waals surface area (Å²) in [6.07, 6.45) is 0. The van der Waals surface area contributed by atoms with E-state index in [1.807, 2.05) is 43.3 Å². The normalized spacial score (nSPS) is 10.9. The molecule has 4 rings (SSSR count). The van der Waals surface area contributed by atoms with Gasteiger partial charge in [0.2, 0.25) is 0 Å². The van der Waals surface area contributed by atoms with Crippen molar-refractivity contribution in [3.05, 3.63) is 95.4 Å². The van der Waals surface area contributed by atoms with Gasteiger partial charge >= 0.3 is 5.97 Å². The van der Waals surface area contributed by atoms with Crippen LogP contribution in [0.4, 0.5) is 4.39 Å². The maximum atomic E-state index is 13.3. The fourth-order valence-corrected chi connectivity index (χ4v) is 3.30. The number of para-hydroxylation sites is 1. The minimum atomic E-state index is -1.08. The maximum absolute atomic E-state index is 13.3. The van der Waals surface area contributed by atoms with E-state index in [1.165, 1.54) is 12.1 Å². The molecule has 1 heterocycles. The van der Waals surface area contributed by atoms with Crippen LogP contribution >= 0.6 is 0 Å². The van der Waals surface area contributed by atoms with Crippen molar-refractivity contribution in [3.63, 3.8) is 0 Å². The highest BCUT2D eigenvalue weighted by molar-refractivity contribution is 6.01. The van der Waals surface area contributed by atoms with Gasteiger partial charge in [0.15, 0.2) is 11.4 Å². The Morgan fingerprint density at radius 3 is 2.43 bits per heavy atom. The Bertz CT molecular complexity index is 1150. The van der Waals surface area contributed by atoms with Crippen LogP contribution in [0.15, 0.2) is 72.8 Å². The average molecular weight is 375 g/mol. The number of ether oxygens (including phenoxy) is 1. The summed E-state index contributed by atoms with van der Waals surface area (Å²) in [5, 5.41) is 10.7. The minimum Gasteiger partial charge on any atom is -0.476 e. The molecule has 0 atom stereocenters. The first kappa shape index (κ1) is 17.8. The molecule has 0 radical (unpaired) electrons. The molecule has 0 amide bonds. The molecule has 1 N–H and O–H groups in total. The van der Waals surface area contributed by atoms with Gasteiger partial charge in [-0.25, -0.2) is 9.18 Å². The molecule has 140 valence electrons. The molecule has 3 aromatic carbocycles. The van der Waals surface area contributed by atoms with Crippen molar-refractivity contribution < 1.29 is 19.0 Å². The third-order valence-corrected chi connectivity index (χ3v) is 4.59. The first-order valence-electron chi connectivity index (χ1n) is 8.86. The van der Waals surface area contributed by atoms with Crippen molar-refractivity contribution in [2.45, 2.75) is 13.5 Å². The summed E-state index contributed by atoms with van der Waals surface area (Å²) in [5.41, 5.74) is 2.61. The van der Waals surface area contributed by atoms with Crippen molar-refractivity contribution in [3.8, 4) is 11.5 Å². The second-order valence-corrected chi connectivity index (χ2v) is 6.63. The summed E-state index contributed by atoms with van der Waals surface area (Å²) in [6, 6.07) is 20.9. The quantitative estimate of drug-likeness (QED) is 0.492. The molecule has 4 aromatic rings. The molecule has 0 unspecified atom stereocenters. The smallest absolute Gasteiger partial charge is 0.356 e. The van der Waals surface area contributed by atoms with E-state index in [9.17, 15) is 14.3 Å². The summed E-state index contributed by atoms with van der Waals surface area (Å²) in [4.78, 5) is 12.2. The molecule has 0 aliphatic carbocycles. The fourth-order valence-electron chi connectivity index (χ4n) is 3.30. The molecule has 1 aromatic heterocycles. The number of rotatable bonds is 5. The topological polar surface area (TPSA) is 51.5 Å². The average Bonchev–Trinajstić information content (AvgIpc) is 2.97. The predicted molar refractivity (Wildman–Crippen MR) is 106 cm³/mol. The van der Waals surface area contributed by atoms with E-state index >= 15 is 0 Å². The lowest BCUT2D eigenvalue weighted by Crippen LogP contribution is -2.10. The molecule has 0 saturated carbocycles. The van der Waals surface area contributed by atoms with E-state index < -0.39 is 5.97 Å². The number of carbonyl (C=O) groups is 1.